The SMILES string of the molecule is CCN(CC)C(=O)CCCC(=O)NCc1cc(C(=O)O)c(C)o1. The van der Waals surface area contributed by atoms with Crippen LogP contribution in [0.5, 0.6) is 0 Å². The van der Waals surface area contributed by atoms with E-state index in [1.165, 1.54) is 6.07 Å². The molecule has 7 nitrogen and oxygen atoms in total. The second-order valence-electron chi connectivity index (χ2n) is 5.18. The highest BCUT2D eigenvalue weighted by Gasteiger charge is 2.14. The zero-order valence-electron chi connectivity index (χ0n) is 13.8. The molecule has 7 heteroatoms. The second kappa shape index (κ2) is 8.97. The third kappa shape index (κ3) is 5.77. The quantitative estimate of drug-likeness (QED) is 0.723. The maximum atomic E-state index is 11.8. The molecule has 0 bridgehead atoms. The molecule has 0 aliphatic heterocycles. The van der Waals surface area contributed by atoms with E-state index in [4.69, 9.17) is 9.52 Å². The number of aromatic carboxylic acids is 1. The molecule has 128 valence electrons. The van der Waals surface area contributed by atoms with Crippen LogP contribution in [-0.2, 0) is 16.1 Å². The van der Waals surface area contributed by atoms with Gasteiger partial charge in [-0.3, -0.25) is 9.59 Å². The first kappa shape index (κ1) is 18.7. The number of aryl methyl sites for hydroxylation is 1. The van der Waals surface area contributed by atoms with Crippen LogP contribution in [0.3, 0.4) is 0 Å². The molecule has 23 heavy (non-hydrogen) atoms. The first-order valence-electron chi connectivity index (χ1n) is 7.76. The highest BCUT2D eigenvalue weighted by atomic mass is 16.4. The minimum atomic E-state index is -1.06. The van der Waals surface area contributed by atoms with Gasteiger partial charge in [-0.15, -0.1) is 0 Å². The van der Waals surface area contributed by atoms with Crippen molar-refractivity contribution < 1.29 is 23.9 Å². The predicted octanol–water partition coefficient (Wildman–Crippen LogP) is 1.94. The molecule has 2 amide bonds. The van der Waals surface area contributed by atoms with Gasteiger partial charge in [0.1, 0.15) is 17.1 Å². The zero-order chi connectivity index (χ0) is 17.4. The Morgan fingerprint density at radius 1 is 1.22 bits per heavy atom. The number of nitrogens with zero attached hydrogens (tertiary/aromatic N) is 1. The Bertz CT molecular complexity index is 561. The number of rotatable bonds is 9. The van der Waals surface area contributed by atoms with Gasteiger partial charge >= 0.3 is 5.97 Å². The fourth-order valence-corrected chi connectivity index (χ4v) is 2.25. The summed E-state index contributed by atoms with van der Waals surface area (Å²) in [5.74, 6) is -0.489. The van der Waals surface area contributed by atoms with Gasteiger partial charge in [0.15, 0.2) is 0 Å². The van der Waals surface area contributed by atoms with Crippen LogP contribution in [0, 0.1) is 6.92 Å². The van der Waals surface area contributed by atoms with E-state index in [1.807, 2.05) is 13.8 Å². The molecule has 0 fully saturated rings. The number of amides is 2. The van der Waals surface area contributed by atoms with Gasteiger partial charge in [0.05, 0.1) is 6.54 Å². The number of carboxylic acids is 1. The van der Waals surface area contributed by atoms with Crippen LogP contribution in [0.2, 0.25) is 0 Å². The fourth-order valence-electron chi connectivity index (χ4n) is 2.25. The van der Waals surface area contributed by atoms with Gasteiger partial charge in [-0.05, 0) is 33.3 Å². The highest BCUT2D eigenvalue weighted by molar-refractivity contribution is 5.88. The summed E-state index contributed by atoms with van der Waals surface area (Å²) in [4.78, 5) is 36.2. The molecule has 0 aliphatic rings. The lowest BCUT2D eigenvalue weighted by atomic mass is 10.2. The lowest BCUT2D eigenvalue weighted by Gasteiger charge is -2.18. The molecule has 0 saturated heterocycles. The average Bonchev–Trinajstić information content (AvgIpc) is 2.87. The van der Waals surface area contributed by atoms with Crippen molar-refractivity contribution in [2.45, 2.75) is 46.6 Å². The van der Waals surface area contributed by atoms with E-state index in [1.54, 1.807) is 11.8 Å². The van der Waals surface area contributed by atoms with Crippen molar-refractivity contribution >= 4 is 17.8 Å². The number of carbonyl (C=O) groups excluding carboxylic acids is 2. The van der Waals surface area contributed by atoms with Crippen molar-refractivity contribution in [1.29, 1.82) is 0 Å². The molecule has 0 spiro atoms. The zero-order valence-corrected chi connectivity index (χ0v) is 13.8. The van der Waals surface area contributed by atoms with Crippen LogP contribution in [0.1, 0.15) is 55.0 Å². The molecule has 0 aliphatic carbocycles. The largest absolute Gasteiger partial charge is 0.478 e. The Hall–Kier alpha value is -2.31. The molecule has 0 atom stereocenters. The normalized spacial score (nSPS) is 10.4. The lowest BCUT2D eigenvalue weighted by molar-refractivity contribution is -0.131. The van der Waals surface area contributed by atoms with E-state index in [-0.39, 0.29) is 30.3 Å². The van der Waals surface area contributed by atoms with Gasteiger partial charge in [-0.25, -0.2) is 4.79 Å². The highest BCUT2D eigenvalue weighted by Crippen LogP contribution is 2.14. The van der Waals surface area contributed by atoms with Crippen molar-refractivity contribution in [3.63, 3.8) is 0 Å². The van der Waals surface area contributed by atoms with Gasteiger partial charge in [0.25, 0.3) is 0 Å². The summed E-state index contributed by atoms with van der Waals surface area (Å²) in [6, 6.07) is 1.40. The third-order valence-electron chi connectivity index (χ3n) is 3.57. The monoisotopic (exact) mass is 324 g/mol. The van der Waals surface area contributed by atoms with Gasteiger partial charge in [-0.2, -0.15) is 0 Å². The van der Waals surface area contributed by atoms with Crippen LogP contribution in [0.15, 0.2) is 10.5 Å². The van der Waals surface area contributed by atoms with Crippen molar-refractivity contribution in [3.8, 4) is 0 Å². The van der Waals surface area contributed by atoms with Gasteiger partial charge in [0, 0.05) is 25.9 Å². The van der Waals surface area contributed by atoms with Crippen molar-refractivity contribution in [2.24, 2.45) is 0 Å². The summed E-state index contributed by atoms with van der Waals surface area (Å²) in [6.45, 7) is 6.89. The lowest BCUT2D eigenvalue weighted by Crippen LogP contribution is -2.30. The molecule has 1 aromatic heterocycles. The predicted molar refractivity (Wildman–Crippen MR) is 84.0 cm³/mol. The Balaban J connectivity index is 2.33. The van der Waals surface area contributed by atoms with E-state index in [0.717, 1.165) is 0 Å². The van der Waals surface area contributed by atoms with Crippen molar-refractivity contribution in [3.05, 3.63) is 23.2 Å². The maximum absolute atomic E-state index is 11.8. The first-order chi connectivity index (χ1) is 10.9. The van der Waals surface area contributed by atoms with Gasteiger partial charge in [0.2, 0.25) is 11.8 Å². The standard InChI is InChI=1S/C16H24N2O5/c1-4-18(5-2)15(20)8-6-7-14(19)17-10-12-9-13(16(21)22)11(3)23-12/h9H,4-8,10H2,1-3H3,(H,17,19)(H,21,22). The topological polar surface area (TPSA) is 99.9 Å². The Kier molecular flexibility index (Phi) is 7.31. The van der Waals surface area contributed by atoms with Crippen LogP contribution in [0.4, 0.5) is 0 Å². The number of hydrogen-bond acceptors (Lipinski definition) is 4. The molecule has 0 saturated carbocycles. The van der Waals surface area contributed by atoms with Crippen LogP contribution >= 0.6 is 0 Å². The summed E-state index contributed by atoms with van der Waals surface area (Å²) >= 11 is 0. The Morgan fingerprint density at radius 3 is 2.39 bits per heavy atom. The summed E-state index contributed by atoms with van der Waals surface area (Å²) in [7, 11) is 0. The molecule has 0 unspecified atom stereocenters. The number of carbonyl (C=O) groups is 3. The molecule has 0 aromatic carbocycles. The van der Waals surface area contributed by atoms with Crippen molar-refractivity contribution in [2.75, 3.05) is 13.1 Å². The second-order valence-corrected chi connectivity index (χ2v) is 5.18. The summed E-state index contributed by atoms with van der Waals surface area (Å²) in [5, 5.41) is 11.6. The minimum absolute atomic E-state index is 0.0514. The van der Waals surface area contributed by atoms with Crippen LogP contribution in [0.25, 0.3) is 0 Å². The fraction of sp³-hybridized carbons (Fsp3) is 0.562. The minimum Gasteiger partial charge on any atom is -0.478 e. The van der Waals surface area contributed by atoms with Crippen molar-refractivity contribution in [1.82, 2.24) is 10.2 Å². The summed E-state index contributed by atoms with van der Waals surface area (Å²) in [6.07, 6.45) is 1.08. The van der Waals surface area contributed by atoms with E-state index in [0.29, 0.717) is 37.5 Å². The maximum Gasteiger partial charge on any atom is 0.339 e. The average molecular weight is 324 g/mol. The number of nitrogens with one attached hydrogen (secondary N) is 1. The van der Waals surface area contributed by atoms with Crippen LogP contribution < -0.4 is 5.32 Å². The van der Waals surface area contributed by atoms with E-state index < -0.39 is 5.97 Å². The number of carboxylic acid groups (broad SMARTS) is 1. The molecular weight excluding hydrogens is 300 g/mol. The van der Waals surface area contributed by atoms with E-state index >= 15 is 0 Å². The van der Waals surface area contributed by atoms with E-state index in [2.05, 4.69) is 5.32 Å². The molecule has 1 aromatic rings. The van der Waals surface area contributed by atoms with Gasteiger partial charge < -0.3 is 19.7 Å². The van der Waals surface area contributed by atoms with Crippen LogP contribution in [-0.4, -0.2) is 40.9 Å². The van der Waals surface area contributed by atoms with Gasteiger partial charge in [-0.1, -0.05) is 0 Å². The first-order valence-corrected chi connectivity index (χ1v) is 7.76. The summed E-state index contributed by atoms with van der Waals surface area (Å²) < 4.78 is 5.27. The Labute approximate surface area is 135 Å². The molecule has 2 N–H and O–H groups in total. The smallest absolute Gasteiger partial charge is 0.339 e. The molecule has 0 radical (unpaired) electrons. The Morgan fingerprint density at radius 2 is 1.87 bits per heavy atom. The molecular formula is C16H24N2O5. The third-order valence-corrected chi connectivity index (χ3v) is 3.57. The number of furan rings is 1. The van der Waals surface area contributed by atoms with E-state index in [9.17, 15) is 14.4 Å². The number of hydrogen-bond donors (Lipinski definition) is 2. The molecule has 1 heterocycles. The molecule has 1 rings (SSSR count). The summed E-state index contributed by atoms with van der Waals surface area (Å²) in [5.41, 5.74) is 0.0964.